The second-order valence-corrected chi connectivity index (χ2v) is 1.68. The van der Waals surface area contributed by atoms with Crippen LogP contribution in [0.15, 0.2) is 29.7 Å². The number of allylic oxidation sites excluding steroid dienone is 1. The average Bonchev–Trinajstić information content (AvgIpc) is 1.77. The summed E-state index contributed by atoms with van der Waals surface area (Å²) in [6.45, 7) is 3.72. The molecule has 0 unspecified atom stereocenters. The Morgan fingerprint density at radius 2 is 2.50 bits per heavy atom. The quantitative estimate of drug-likeness (QED) is 0.451. The molecule has 0 aromatic heterocycles. The van der Waals surface area contributed by atoms with Crippen molar-refractivity contribution in [2.75, 3.05) is 7.05 Å². The molecule has 0 amide bonds. The van der Waals surface area contributed by atoms with Crippen LogP contribution in [0.5, 0.6) is 0 Å². The van der Waals surface area contributed by atoms with E-state index in [1.807, 2.05) is 18.1 Å². The van der Waals surface area contributed by atoms with Crippen molar-refractivity contribution < 1.29 is 0 Å². The largest absolute Gasteiger partial charge is 0.349 e. The normalized spacial score (nSPS) is 17.6. The minimum absolute atomic E-state index is 0.924. The number of hydrogen-bond acceptors (Lipinski definition) is 2. The van der Waals surface area contributed by atoms with Gasteiger partial charge in [-0.3, -0.25) is 4.99 Å². The molecule has 8 heavy (non-hydrogen) atoms. The van der Waals surface area contributed by atoms with Crippen molar-refractivity contribution in [2.45, 2.75) is 0 Å². The van der Waals surface area contributed by atoms with Gasteiger partial charge in [-0.1, -0.05) is 6.58 Å². The molecule has 0 aliphatic carbocycles. The lowest BCUT2D eigenvalue weighted by Crippen LogP contribution is -2.11. The molecule has 0 aromatic carbocycles. The van der Waals surface area contributed by atoms with Crippen molar-refractivity contribution in [2.24, 2.45) is 4.99 Å². The van der Waals surface area contributed by atoms with E-state index in [9.17, 15) is 0 Å². The Bertz CT molecular complexity index is 156. The highest BCUT2D eigenvalue weighted by molar-refractivity contribution is 5.78. The molecular formula is C6H8N2. The summed E-state index contributed by atoms with van der Waals surface area (Å²) in [7, 11) is 1.93. The van der Waals surface area contributed by atoms with Crippen molar-refractivity contribution in [1.82, 2.24) is 4.90 Å². The van der Waals surface area contributed by atoms with Gasteiger partial charge in [0.2, 0.25) is 0 Å². The van der Waals surface area contributed by atoms with Crippen LogP contribution in [0.25, 0.3) is 0 Å². The molecule has 2 heteroatoms. The first-order chi connectivity index (χ1) is 3.80. The van der Waals surface area contributed by atoms with Gasteiger partial charge in [0.05, 0.1) is 5.70 Å². The molecule has 1 aliphatic heterocycles. The van der Waals surface area contributed by atoms with Crippen molar-refractivity contribution >= 4 is 6.21 Å². The van der Waals surface area contributed by atoms with E-state index in [2.05, 4.69) is 11.6 Å². The van der Waals surface area contributed by atoms with Crippen LogP contribution < -0.4 is 0 Å². The molecule has 1 aliphatic rings. The molecule has 0 atom stereocenters. The van der Waals surface area contributed by atoms with Crippen LogP contribution in [0.3, 0.4) is 0 Å². The van der Waals surface area contributed by atoms with Crippen LogP contribution in [0.2, 0.25) is 0 Å². The summed E-state index contributed by atoms with van der Waals surface area (Å²) in [4.78, 5) is 5.77. The summed E-state index contributed by atoms with van der Waals surface area (Å²) in [5.74, 6) is 0. The lowest BCUT2D eigenvalue weighted by molar-refractivity contribution is 0.597. The minimum atomic E-state index is 0.924. The fourth-order valence-electron chi connectivity index (χ4n) is 0.454. The maximum Gasteiger partial charge on any atom is 0.0516 e. The molecule has 1 rings (SSSR count). The Kier molecular flexibility index (Phi) is 1.16. The van der Waals surface area contributed by atoms with Crippen LogP contribution in [-0.4, -0.2) is 18.2 Å². The summed E-state index contributed by atoms with van der Waals surface area (Å²) in [6, 6.07) is 0. The molecule has 1 heterocycles. The third-order valence-corrected chi connectivity index (χ3v) is 1.05. The van der Waals surface area contributed by atoms with E-state index < -0.39 is 0 Å². The molecule has 0 aromatic rings. The van der Waals surface area contributed by atoms with Crippen molar-refractivity contribution in [3.05, 3.63) is 24.7 Å². The predicted octanol–water partition coefficient (Wildman–Crippen LogP) is 0.987. The maximum atomic E-state index is 3.86. The zero-order chi connectivity index (χ0) is 5.98. The number of rotatable bonds is 0. The lowest BCUT2D eigenvalue weighted by atomic mass is 10.4. The fourth-order valence-corrected chi connectivity index (χ4v) is 0.454. The first-order valence-corrected chi connectivity index (χ1v) is 2.42. The third-order valence-electron chi connectivity index (χ3n) is 1.05. The van der Waals surface area contributed by atoms with Gasteiger partial charge < -0.3 is 4.90 Å². The topological polar surface area (TPSA) is 15.6 Å². The highest BCUT2D eigenvalue weighted by Gasteiger charge is 1.94. The average molecular weight is 108 g/mol. The van der Waals surface area contributed by atoms with Gasteiger partial charge in [0.25, 0.3) is 0 Å². The first kappa shape index (κ1) is 5.09. The predicted molar refractivity (Wildman–Crippen MR) is 34.5 cm³/mol. The number of aliphatic imine (C=N–C) groups is 1. The Hall–Kier alpha value is -1.05. The zero-order valence-electron chi connectivity index (χ0n) is 4.83. The van der Waals surface area contributed by atoms with E-state index in [1.165, 1.54) is 0 Å². The van der Waals surface area contributed by atoms with Crippen molar-refractivity contribution in [1.29, 1.82) is 0 Å². The number of nitrogens with zero attached hydrogens (tertiary/aromatic N) is 2. The zero-order valence-corrected chi connectivity index (χ0v) is 4.83. The molecule has 0 radical (unpaired) electrons. The Morgan fingerprint density at radius 1 is 1.75 bits per heavy atom. The lowest BCUT2D eigenvalue weighted by Gasteiger charge is -2.14. The Labute approximate surface area is 48.8 Å². The van der Waals surface area contributed by atoms with Gasteiger partial charge >= 0.3 is 0 Å². The summed E-state index contributed by atoms with van der Waals surface area (Å²) >= 11 is 0. The van der Waals surface area contributed by atoms with Gasteiger partial charge in [-0.25, -0.2) is 0 Å². The molecule has 0 fully saturated rings. The standard InChI is InChI=1S/C6H8N2/c1-6-5-7-3-4-8(6)2/h3-5H,1H2,2H3. The van der Waals surface area contributed by atoms with Crippen LogP contribution in [0, 0.1) is 0 Å². The van der Waals surface area contributed by atoms with E-state index in [0.29, 0.717) is 0 Å². The van der Waals surface area contributed by atoms with Gasteiger partial charge in [0.1, 0.15) is 0 Å². The smallest absolute Gasteiger partial charge is 0.0516 e. The second-order valence-electron chi connectivity index (χ2n) is 1.68. The van der Waals surface area contributed by atoms with Crippen LogP contribution >= 0.6 is 0 Å². The van der Waals surface area contributed by atoms with Gasteiger partial charge in [-0.05, 0) is 0 Å². The fraction of sp³-hybridized carbons (Fsp3) is 0.167. The molecule has 2 nitrogen and oxygen atoms in total. The molecule has 0 saturated carbocycles. The molecule has 0 bridgehead atoms. The summed E-state index contributed by atoms with van der Waals surface area (Å²) in [5, 5.41) is 0. The van der Waals surface area contributed by atoms with E-state index in [0.717, 1.165) is 5.70 Å². The van der Waals surface area contributed by atoms with Crippen molar-refractivity contribution in [3.63, 3.8) is 0 Å². The summed E-state index contributed by atoms with van der Waals surface area (Å²) in [5.41, 5.74) is 0.924. The number of hydrogen-bond donors (Lipinski definition) is 0. The van der Waals surface area contributed by atoms with Crippen LogP contribution in [0.4, 0.5) is 0 Å². The van der Waals surface area contributed by atoms with Crippen LogP contribution in [-0.2, 0) is 0 Å². The van der Waals surface area contributed by atoms with Gasteiger partial charge in [-0.2, -0.15) is 0 Å². The Morgan fingerprint density at radius 3 is 2.88 bits per heavy atom. The summed E-state index contributed by atoms with van der Waals surface area (Å²) < 4.78 is 0. The summed E-state index contributed by atoms with van der Waals surface area (Å²) in [6.07, 6.45) is 5.32. The van der Waals surface area contributed by atoms with Gasteiger partial charge in [0.15, 0.2) is 0 Å². The monoisotopic (exact) mass is 108 g/mol. The highest BCUT2D eigenvalue weighted by atomic mass is 15.1. The first-order valence-electron chi connectivity index (χ1n) is 2.42. The molecular weight excluding hydrogens is 100 g/mol. The second kappa shape index (κ2) is 1.82. The van der Waals surface area contributed by atoms with E-state index in [4.69, 9.17) is 0 Å². The SMILES string of the molecule is C=C1C=NC=CN1C. The van der Waals surface area contributed by atoms with Gasteiger partial charge in [-0.15, -0.1) is 0 Å². The Balaban J connectivity index is 2.74. The maximum absolute atomic E-state index is 3.86. The van der Waals surface area contributed by atoms with E-state index in [1.54, 1.807) is 12.4 Å². The molecule has 0 spiro atoms. The molecule has 0 N–H and O–H groups in total. The van der Waals surface area contributed by atoms with Gasteiger partial charge in [0, 0.05) is 25.7 Å². The van der Waals surface area contributed by atoms with E-state index in [-0.39, 0.29) is 0 Å². The van der Waals surface area contributed by atoms with E-state index >= 15 is 0 Å². The highest BCUT2D eigenvalue weighted by Crippen LogP contribution is 1.99. The molecule has 42 valence electrons. The van der Waals surface area contributed by atoms with Crippen LogP contribution in [0.1, 0.15) is 0 Å². The minimum Gasteiger partial charge on any atom is -0.349 e. The third kappa shape index (κ3) is 0.780. The molecule has 0 saturated heterocycles. The van der Waals surface area contributed by atoms with Crippen molar-refractivity contribution in [3.8, 4) is 0 Å².